The molecule has 1 aromatic heterocycles. The second kappa shape index (κ2) is 7.26. The van der Waals surface area contributed by atoms with Gasteiger partial charge in [-0.25, -0.2) is 4.98 Å². The van der Waals surface area contributed by atoms with Crippen molar-refractivity contribution in [2.24, 2.45) is 5.92 Å². The Balaban J connectivity index is 1.92. The molecule has 3 heteroatoms. The molecule has 1 saturated carbocycles. The SMILES string of the molecule is CN(CC1CCCCC1)c1cc(CNC(C)(C)C)ccn1. The van der Waals surface area contributed by atoms with Gasteiger partial charge in [-0.05, 0) is 57.2 Å². The highest BCUT2D eigenvalue weighted by molar-refractivity contribution is 5.40. The van der Waals surface area contributed by atoms with E-state index in [1.54, 1.807) is 0 Å². The molecule has 0 atom stereocenters. The monoisotopic (exact) mass is 289 g/mol. The number of hydrogen-bond donors (Lipinski definition) is 1. The fourth-order valence-corrected chi connectivity index (χ4v) is 3.00. The van der Waals surface area contributed by atoms with Gasteiger partial charge in [0, 0.05) is 31.9 Å². The summed E-state index contributed by atoms with van der Waals surface area (Å²) >= 11 is 0. The van der Waals surface area contributed by atoms with Crippen LogP contribution in [0.25, 0.3) is 0 Å². The van der Waals surface area contributed by atoms with E-state index in [2.05, 4.69) is 55.2 Å². The van der Waals surface area contributed by atoms with Crippen molar-refractivity contribution in [1.82, 2.24) is 10.3 Å². The molecule has 1 aliphatic rings. The highest BCUT2D eigenvalue weighted by Gasteiger charge is 2.16. The maximum Gasteiger partial charge on any atom is 0.128 e. The zero-order valence-corrected chi connectivity index (χ0v) is 14.2. The van der Waals surface area contributed by atoms with Crippen LogP contribution in [-0.2, 0) is 6.54 Å². The van der Waals surface area contributed by atoms with Gasteiger partial charge in [-0.15, -0.1) is 0 Å². The molecule has 1 fully saturated rings. The van der Waals surface area contributed by atoms with Crippen LogP contribution in [0.2, 0.25) is 0 Å². The maximum atomic E-state index is 4.55. The van der Waals surface area contributed by atoms with Gasteiger partial charge in [-0.3, -0.25) is 0 Å². The van der Waals surface area contributed by atoms with E-state index in [1.165, 1.54) is 37.7 Å². The van der Waals surface area contributed by atoms with Crippen molar-refractivity contribution in [2.75, 3.05) is 18.5 Å². The number of rotatable bonds is 5. The molecule has 0 saturated heterocycles. The Morgan fingerprint density at radius 1 is 1.24 bits per heavy atom. The van der Waals surface area contributed by atoms with E-state index >= 15 is 0 Å². The Morgan fingerprint density at radius 3 is 2.62 bits per heavy atom. The topological polar surface area (TPSA) is 28.2 Å². The smallest absolute Gasteiger partial charge is 0.128 e. The molecule has 1 aliphatic carbocycles. The van der Waals surface area contributed by atoms with E-state index in [0.717, 1.165) is 24.8 Å². The molecule has 118 valence electrons. The molecule has 21 heavy (non-hydrogen) atoms. The van der Waals surface area contributed by atoms with Gasteiger partial charge in [0.2, 0.25) is 0 Å². The largest absolute Gasteiger partial charge is 0.359 e. The molecule has 0 aromatic carbocycles. The fourth-order valence-electron chi connectivity index (χ4n) is 3.00. The van der Waals surface area contributed by atoms with Crippen molar-refractivity contribution in [3.8, 4) is 0 Å². The van der Waals surface area contributed by atoms with Crippen LogP contribution in [0, 0.1) is 5.92 Å². The highest BCUT2D eigenvalue weighted by atomic mass is 15.2. The molecular weight excluding hydrogens is 258 g/mol. The quantitative estimate of drug-likeness (QED) is 0.888. The van der Waals surface area contributed by atoms with Gasteiger partial charge in [0.25, 0.3) is 0 Å². The average molecular weight is 289 g/mol. The number of pyridine rings is 1. The normalized spacial score (nSPS) is 17.0. The minimum atomic E-state index is 0.150. The second-order valence-corrected chi connectivity index (χ2v) is 7.51. The Morgan fingerprint density at radius 2 is 1.95 bits per heavy atom. The molecule has 0 bridgehead atoms. The van der Waals surface area contributed by atoms with Crippen LogP contribution < -0.4 is 10.2 Å². The molecular formula is C18H31N3. The molecule has 0 spiro atoms. The van der Waals surface area contributed by atoms with Crippen LogP contribution in [0.3, 0.4) is 0 Å². The predicted octanol–water partition coefficient (Wildman–Crippen LogP) is 3.99. The maximum absolute atomic E-state index is 4.55. The van der Waals surface area contributed by atoms with Gasteiger partial charge in [0.15, 0.2) is 0 Å². The summed E-state index contributed by atoms with van der Waals surface area (Å²) in [6, 6.07) is 4.33. The molecule has 0 radical (unpaired) electrons. The number of aromatic nitrogens is 1. The van der Waals surface area contributed by atoms with Gasteiger partial charge in [0.1, 0.15) is 5.82 Å². The summed E-state index contributed by atoms with van der Waals surface area (Å²) in [7, 11) is 2.18. The molecule has 0 amide bonds. The van der Waals surface area contributed by atoms with Gasteiger partial charge in [0.05, 0.1) is 0 Å². The van der Waals surface area contributed by atoms with Crippen LogP contribution in [0.5, 0.6) is 0 Å². The third-order valence-electron chi connectivity index (χ3n) is 4.28. The first-order valence-electron chi connectivity index (χ1n) is 8.35. The van der Waals surface area contributed by atoms with E-state index in [9.17, 15) is 0 Å². The number of nitrogens with zero attached hydrogens (tertiary/aromatic N) is 2. The zero-order chi connectivity index (χ0) is 15.3. The minimum absolute atomic E-state index is 0.150. The van der Waals surface area contributed by atoms with Crippen LogP contribution >= 0.6 is 0 Å². The lowest BCUT2D eigenvalue weighted by Crippen LogP contribution is -2.35. The highest BCUT2D eigenvalue weighted by Crippen LogP contribution is 2.25. The molecule has 1 aromatic rings. The lowest BCUT2D eigenvalue weighted by atomic mass is 9.89. The summed E-state index contributed by atoms with van der Waals surface area (Å²) in [5.41, 5.74) is 1.46. The van der Waals surface area contributed by atoms with E-state index < -0.39 is 0 Å². The van der Waals surface area contributed by atoms with Crippen LogP contribution in [0.4, 0.5) is 5.82 Å². The molecule has 2 rings (SSSR count). The zero-order valence-electron chi connectivity index (χ0n) is 14.2. The first kappa shape index (κ1) is 16.3. The van der Waals surface area contributed by atoms with Crippen molar-refractivity contribution in [2.45, 2.75) is 65.0 Å². The lowest BCUT2D eigenvalue weighted by molar-refractivity contribution is 0.361. The van der Waals surface area contributed by atoms with E-state index in [4.69, 9.17) is 0 Å². The third kappa shape index (κ3) is 5.66. The van der Waals surface area contributed by atoms with Crippen molar-refractivity contribution in [3.63, 3.8) is 0 Å². The Bertz CT molecular complexity index is 430. The van der Waals surface area contributed by atoms with E-state index in [-0.39, 0.29) is 5.54 Å². The standard InChI is InChI=1S/C18H31N3/c1-18(2,3)20-13-16-10-11-19-17(12-16)21(4)14-15-8-6-5-7-9-15/h10-12,15,20H,5-9,13-14H2,1-4H3. The number of hydrogen-bond acceptors (Lipinski definition) is 3. The summed E-state index contributed by atoms with van der Waals surface area (Å²) in [5.74, 6) is 1.95. The minimum Gasteiger partial charge on any atom is -0.359 e. The average Bonchev–Trinajstić information content (AvgIpc) is 2.46. The van der Waals surface area contributed by atoms with Crippen molar-refractivity contribution < 1.29 is 0 Å². The Kier molecular flexibility index (Phi) is 5.63. The van der Waals surface area contributed by atoms with Gasteiger partial charge in [-0.1, -0.05) is 19.3 Å². The summed E-state index contributed by atoms with van der Waals surface area (Å²) in [6.07, 6.45) is 8.94. The van der Waals surface area contributed by atoms with E-state index in [1.807, 2.05) is 6.20 Å². The van der Waals surface area contributed by atoms with Crippen LogP contribution in [0.15, 0.2) is 18.3 Å². The molecule has 0 unspecified atom stereocenters. The Hall–Kier alpha value is -1.09. The summed E-state index contributed by atoms with van der Waals surface area (Å²) < 4.78 is 0. The molecule has 3 nitrogen and oxygen atoms in total. The molecule has 1 N–H and O–H groups in total. The van der Waals surface area contributed by atoms with Gasteiger partial charge >= 0.3 is 0 Å². The molecule has 0 aliphatic heterocycles. The second-order valence-electron chi connectivity index (χ2n) is 7.51. The predicted molar refractivity (Wildman–Crippen MR) is 90.7 cm³/mol. The summed E-state index contributed by atoms with van der Waals surface area (Å²) in [6.45, 7) is 8.64. The number of nitrogens with one attached hydrogen (secondary N) is 1. The summed E-state index contributed by atoms with van der Waals surface area (Å²) in [4.78, 5) is 6.88. The van der Waals surface area contributed by atoms with Gasteiger partial charge in [-0.2, -0.15) is 0 Å². The number of anilines is 1. The molecule has 1 heterocycles. The van der Waals surface area contributed by atoms with E-state index in [0.29, 0.717) is 0 Å². The summed E-state index contributed by atoms with van der Waals surface area (Å²) in [5, 5.41) is 3.54. The van der Waals surface area contributed by atoms with Crippen LogP contribution in [0.1, 0.15) is 58.4 Å². The van der Waals surface area contributed by atoms with Gasteiger partial charge < -0.3 is 10.2 Å². The van der Waals surface area contributed by atoms with Crippen molar-refractivity contribution in [3.05, 3.63) is 23.9 Å². The lowest BCUT2D eigenvalue weighted by Gasteiger charge is -2.28. The first-order chi connectivity index (χ1) is 9.94. The third-order valence-corrected chi connectivity index (χ3v) is 4.28. The first-order valence-corrected chi connectivity index (χ1v) is 8.35. The fraction of sp³-hybridized carbons (Fsp3) is 0.722. The van der Waals surface area contributed by atoms with Crippen molar-refractivity contribution >= 4 is 5.82 Å². The van der Waals surface area contributed by atoms with Crippen molar-refractivity contribution in [1.29, 1.82) is 0 Å². The Labute approximate surface area is 130 Å². The van der Waals surface area contributed by atoms with Crippen LogP contribution in [-0.4, -0.2) is 24.1 Å².